The fourth-order valence-corrected chi connectivity index (χ4v) is 2.97. The van der Waals surface area contributed by atoms with E-state index in [0.29, 0.717) is 19.5 Å². The molecule has 22 heavy (non-hydrogen) atoms. The smallest absolute Gasteiger partial charge is 0.307 e. The van der Waals surface area contributed by atoms with Crippen LogP contribution in [0.3, 0.4) is 0 Å². The average Bonchev–Trinajstić information content (AvgIpc) is 3.28. The molecule has 1 aromatic carbocycles. The predicted molar refractivity (Wildman–Crippen MR) is 79.4 cm³/mol. The molecule has 0 aromatic heterocycles. The van der Waals surface area contributed by atoms with Gasteiger partial charge in [0.1, 0.15) is 5.82 Å². The van der Waals surface area contributed by atoms with Crippen molar-refractivity contribution >= 4 is 18.0 Å². The first-order valence-corrected chi connectivity index (χ1v) is 7.51. The van der Waals surface area contributed by atoms with Crippen molar-refractivity contribution in [2.24, 2.45) is 11.8 Å². The van der Waals surface area contributed by atoms with Crippen molar-refractivity contribution in [1.29, 1.82) is 0 Å². The van der Waals surface area contributed by atoms with Crippen LogP contribution in [0, 0.1) is 17.7 Å². The highest BCUT2D eigenvalue weighted by molar-refractivity contribution is 5.89. The molecule has 1 amide bonds. The van der Waals surface area contributed by atoms with Gasteiger partial charge in [-0.05, 0) is 37.0 Å². The van der Waals surface area contributed by atoms with Crippen molar-refractivity contribution in [2.75, 3.05) is 13.1 Å². The number of hydrogen-bond donors (Lipinski definition) is 1. The maximum Gasteiger partial charge on any atom is 0.307 e. The second-order valence-electron chi connectivity index (χ2n) is 5.97. The number of benzene rings is 1. The van der Waals surface area contributed by atoms with Crippen LogP contribution in [-0.2, 0) is 9.59 Å². The summed E-state index contributed by atoms with van der Waals surface area (Å²) in [5.74, 6) is -1.97. The van der Waals surface area contributed by atoms with Crippen LogP contribution in [0.4, 0.5) is 4.39 Å². The fourth-order valence-electron chi connectivity index (χ4n) is 2.97. The highest BCUT2D eigenvalue weighted by Crippen LogP contribution is 2.40. The summed E-state index contributed by atoms with van der Waals surface area (Å²) in [6.07, 6.45) is 3.96. The number of piperidine rings is 1. The van der Waals surface area contributed by atoms with Gasteiger partial charge in [-0.15, -0.1) is 0 Å². The molecule has 3 rings (SSSR count). The molecule has 1 saturated carbocycles. The van der Waals surface area contributed by atoms with Gasteiger partial charge in [0.15, 0.2) is 0 Å². The van der Waals surface area contributed by atoms with Crippen molar-refractivity contribution in [3.63, 3.8) is 0 Å². The van der Waals surface area contributed by atoms with Gasteiger partial charge in [-0.1, -0.05) is 23.8 Å². The van der Waals surface area contributed by atoms with Crippen molar-refractivity contribution in [1.82, 2.24) is 4.90 Å². The molecule has 1 saturated heterocycles. The van der Waals surface area contributed by atoms with Crippen molar-refractivity contribution < 1.29 is 19.1 Å². The van der Waals surface area contributed by atoms with Crippen LogP contribution in [0.5, 0.6) is 0 Å². The van der Waals surface area contributed by atoms with E-state index in [9.17, 15) is 14.0 Å². The van der Waals surface area contributed by atoms with Crippen LogP contribution in [0.1, 0.15) is 24.8 Å². The third kappa shape index (κ3) is 3.18. The fraction of sp³-hybridized carbons (Fsp3) is 0.412. The van der Waals surface area contributed by atoms with Crippen LogP contribution in [0.15, 0.2) is 29.8 Å². The minimum atomic E-state index is -0.873. The molecule has 0 bridgehead atoms. The van der Waals surface area contributed by atoms with E-state index in [2.05, 4.69) is 0 Å². The van der Waals surface area contributed by atoms with E-state index in [4.69, 9.17) is 5.11 Å². The molecule has 2 unspecified atom stereocenters. The van der Waals surface area contributed by atoms with Crippen molar-refractivity contribution in [3.05, 3.63) is 41.2 Å². The third-order valence-electron chi connectivity index (χ3n) is 4.36. The summed E-state index contributed by atoms with van der Waals surface area (Å²) in [6, 6.07) is 6.44. The maximum absolute atomic E-state index is 13.2. The summed E-state index contributed by atoms with van der Waals surface area (Å²) in [7, 11) is 0. The number of rotatable bonds is 3. The lowest BCUT2D eigenvalue weighted by atomic mass is 10.0. The molecule has 1 heterocycles. The van der Waals surface area contributed by atoms with Gasteiger partial charge >= 0.3 is 5.97 Å². The van der Waals surface area contributed by atoms with Crippen LogP contribution in [0.25, 0.3) is 6.08 Å². The Labute approximate surface area is 128 Å². The molecule has 0 radical (unpaired) electrons. The number of carboxylic acids is 1. The number of likely N-dealkylation sites (tertiary alicyclic amines) is 1. The van der Waals surface area contributed by atoms with Gasteiger partial charge in [0, 0.05) is 13.1 Å². The van der Waals surface area contributed by atoms with Crippen molar-refractivity contribution in [2.45, 2.75) is 19.3 Å². The molecule has 5 heteroatoms. The number of aliphatic carboxylic acids is 1. The van der Waals surface area contributed by atoms with E-state index >= 15 is 0 Å². The van der Waals surface area contributed by atoms with E-state index in [0.717, 1.165) is 18.4 Å². The maximum atomic E-state index is 13.2. The number of nitrogens with zero attached hydrogens (tertiary/aromatic N) is 1. The molecule has 2 fully saturated rings. The Morgan fingerprint density at radius 1 is 1.23 bits per heavy atom. The zero-order valence-electron chi connectivity index (χ0n) is 12.2. The van der Waals surface area contributed by atoms with Crippen molar-refractivity contribution in [3.8, 4) is 0 Å². The zero-order chi connectivity index (χ0) is 15.7. The zero-order valence-corrected chi connectivity index (χ0v) is 12.2. The summed E-state index contributed by atoms with van der Waals surface area (Å²) >= 11 is 0. The molecule has 1 N–H and O–H groups in total. The molecule has 1 aliphatic heterocycles. The lowest BCUT2D eigenvalue weighted by Crippen LogP contribution is -2.37. The lowest BCUT2D eigenvalue weighted by Gasteiger charge is -2.28. The normalized spacial score (nSPS) is 24.0. The Morgan fingerprint density at radius 2 is 1.95 bits per heavy atom. The first-order valence-electron chi connectivity index (χ1n) is 7.51. The van der Waals surface area contributed by atoms with Gasteiger partial charge in [0.2, 0.25) is 5.91 Å². The Morgan fingerprint density at radius 3 is 2.55 bits per heavy atom. The topological polar surface area (TPSA) is 57.6 Å². The quantitative estimate of drug-likeness (QED) is 0.933. The highest BCUT2D eigenvalue weighted by Gasteiger charge is 2.49. The average molecular weight is 303 g/mol. The highest BCUT2D eigenvalue weighted by atomic mass is 19.1. The lowest BCUT2D eigenvalue weighted by molar-refractivity contribution is -0.142. The van der Waals surface area contributed by atoms with E-state index in [1.165, 1.54) is 17.7 Å². The van der Waals surface area contributed by atoms with Crippen LogP contribution in [-0.4, -0.2) is 35.0 Å². The summed E-state index contributed by atoms with van der Waals surface area (Å²) in [4.78, 5) is 24.8. The second-order valence-corrected chi connectivity index (χ2v) is 5.97. The minimum Gasteiger partial charge on any atom is -0.481 e. The molecule has 2 atom stereocenters. The molecule has 116 valence electrons. The Bertz CT molecular complexity index is 631. The number of carbonyl (C=O) groups excluding carboxylic acids is 1. The standard InChI is InChI=1S/C17H18FNO3/c18-13-3-1-2-12(9-13)8-11-4-6-19(7-5-11)16(20)14-10-15(14)17(21)22/h1-3,8-9,14-15H,4-7,10H2,(H,21,22). The monoisotopic (exact) mass is 303 g/mol. The van der Waals surface area contributed by atoms with Gasteiger partial charge in [0.25, 0.3) is 0 Å². The van der Waals surface area contributed by atoms with Gasteiger partial charge < -0.3 is 10.0 Å². The third-order valence-corrected chi connectivity index (χ3v) is 4.36. The number of amides is 1. The number of halogens is 1. The number of hydrogen-bond acceptors (Lipinski definition) is 2. The summed E-state index contributed by atoms with van der Waals surface area (Å²) < 4.78 is 13.2. The molecular weight excluding hydrogens is 285 g/mol. The Balaban J connectivity index is 1.56. The van der Waals surface area contributed by atoms with Crippen LogP contribution < -0.4 is 0 Å². The second kappa shape index (κ2) is 5.91. The van der Waals surface area contributed by atoms with E-state index in [-0.39, 0.29) is 17.6 Å². The largest absolute Gasteiger partial charge is 0.481 e. The molecule has 1 aromatic rings. The Kier molecular flexibility index (Phi) is 3.96. The molecule has 2 aliphatic rings. The first-order chi connectivity index (χ1) is 10.5. The van der Waals surface area contributed by atoms with E-state index < -0.39 is 11.9 Å². The van der Waals surface area contributed by atoms with E-state index in [1.54, 1.807) is 11.0 Å². The number of carbonyl (C=O) groups is 2. The van der Waals surface area contributed by atoms with Gasteiger partial charge in [-0.3, -0.25) is 9.59 Å². The SMILES string of the molecule is O=C(O)C1CC1C(=O)N1CCC(=Cc2cccc(F)c2)CC1. The van der Waals surface area contributed by atoms with Gasteiger partial charge in [-0.25, -0.2) is 4.39 Å². The van der Waals surface area contributed by atoms with Gasteiger partial charge in [-0.2, -0.15) is 0 Å². The summed E-state index contributed by atoms with van der Waals surface area (Å²) in [5, 5.41) is 8.89. The summed E-state index contributed by atoms with van der Waals surface area (Å²) in [6.45, 7) is 1.23. The molecule has 1 aliphatic carbocycles. The number of carboxylic acid groups (broad SMARTS) is 1. The minimum absolute atomic E-state index is 0.0304. The Hall–Kier alpha value is -2.17. The van der Waals surface area contributed by atoms with Crippen LogP contribution in [0.2, 0.25) is 0 Å². The molecular formula is C17H18FNO3. The molecule has 0 spiro atoms. The first kappa shape index (κ1) is 14.8. The molecule has 4 nitrogen and oxygen atoms in total. The van der Waals surface area contributed by atoms with E-state index in [1.807, 2.05) is 12.1 Å². The van der Waals surface area contributed by atoms with Gasteiger partial charge in [0.05, 0.1) is 11.8 Å². The summed E-state index contributed by atoms with van der Waals surface area (Å²) in [5.41, 5.74) is 2.03. The predicted octanol–water partition coefficient (Wildman–Crippen LogP) is 2.55. The van der Waals surface area contributed by atoms with Crippen LogP contribution >= 0.6 is 0 Å².